The molecule has 1 aliphatic carbocycles. The summed E-state index contributed by atoms with van der Waals surface area (Å²) in [4.78, 5) is 2.63. The molecule has 1 aliphatic rings. The molecule has 0 aliphatic heterocycles. The van der Waals surface area contributed by atoms with Crippen LogP contribution in [0.1, 0.15) is 51.5 Å². The minimum atomic E-state index is 0.612. The van der Waals surface area contributed by atoms with Gasteiger partial charge in [0, 0.05) is 24.2 Å². The molecule has 106 valence electrons. The van der Waals surface area contributed by atoms with Crippen LogP contribution in [0.25, 0.3) is 0 Å². The number of hydrogen-bond donors (Lipinski definition) is 0. The second-order valence-corrected chi connectivity index (χ2v) is 6.34. The molecule has 2 heteroatoms. The van der Waals surface area contributed by atoms with Crippen LogP contribution < -0.4 is 4.90 Å². The van der Waals surface area contributed by atoms with Crippen molar-refractivity contribution >= 4 is 17.3 Å². The smallest absolute Gasteiger partial charge is 0.0494 e. The first-order valence-electron chi connectivity index (χ1n) is 7.63. The molecule has 1 aromatic carbocycles. The zero-order chi connectivity index (χ0) is 13.7. The highest BCUT2D eigenvalue weighted by Crippen LogP contribution is 2.31. The molecule has 0 radical (unpaired) electrons. The summed E-state index contributed by atoms with van der Waals surface area (Å²) in [7, 11) is 0. The van der Waals surface area contributed by atoms with Gasteiger partial charge in [-0.05, 0) is 36.8 Å². The van der Waals surface area contributed by atoms with Crippen molar-refractivity contribution in [1.29, 1.82) is 0 Å². The first kappa shape index (κ1) is 14.7. The summed E-state index contributed by atoms with van der Waals surface area (Å²) in [5, 5.41) is 0. The van der Waals surface area contributed by atoms with E-state index in [-0.39, 0.29) is 0 Å². The maximum absolute atomic E-state index is 6.12. The third kappa shape index (κ3) is 3.89. The van der Waals surface area contributed by atoms with Crippen LogP contribution in [0.4, 0.5) is 5.69 Å². The largest absolute Gasteiger partial charge is 0.368 e. The maximum atomic E-state index is 6.12. The fourth-order valence-electron chi connectivity index (χ4n) is 3.02. The number of hydrogen-bond acceptors (Lipinski definition) is 1. The predicted molar refractivity (Wildman–Crippen MR) is 85.1 cm³/mol. The molecule has 2 rings (SSSR count). The van der Waals surface area contributed by atoms with Crippen molar-refractivity contribution in [1.82, 2.24) is 0 Å². The van der Waals surface area contributed by atoms with Crippen LogP contribution in [0.15, 0.2) is 24.3 Å². The Hall–Kier alpha value is -0.690. The van der Waals surface area contributed by atoms with E-state index in [1.807, 2.05) is 0 Å². The molecule has 0 saturated heterocycles. The van der Waals surface area contributed by atoms with Gasteiger partial charge in [0.05, 0.1) is 0 Å². The van der Waals surface area contributed by atoms with E-state index in [2.05, 4.69) is 43.0 Å². The summed E-state index contributed by atoms with van der Waals surface area (Å²) in [6.45, 7) is 5.77. The van der Waals surface area contributed by atoms with E-state index in [0.29, 0.717) is 5.88 Å². The zero-order valence-electron chi connectivity index (χ0n) is 12.2. The molecule has 1 saturated carbocycles. The average molecular weight is 280 g/mol. The highest BCUT2D eigenvalue weighted by molar-refractivity contribution is 6.17. The van der Waals surface area contributed by atoms with Gasteiger partial charge in [-0.2, -0.15) is 0 Å². The molecule has 0 atom stereocenters. The number of nitrogens with zero attached hydrogens (tertiary/aromatic N) is 1. The Bertz CT molecular complexity index is 383. The van der Waals surface area contributed by atoms with Crippen molar-refractivity contribution in [2.45, 2.75) is 57.9 Å². The van der Waals surface area contributed by atoms with Crippen LogP contribution in [0.2, 0.25) is 0 Å². The predicted octanol–water partition coefficient (Wildman–Crippen LogP) is 5.22. The fourth-order valence-corrected chi connectivity index (χ4v) is 3.24. The van der Waals surface area contributed by atoms with Gasteiger partial charge < -0.3 is 4.90 Å². The molecular formula is C17H26ClN. The lowest BCUT2D eigenvalue weighted by Crippen LogP contribution is -2.35. The number of benzene rings is 1. The van der Waals surface area contributed by atoms with E-state index in [9.17, 15) is 0 Å². The Morgan fingerprint density at radius 2 is 1.89 bits per heavy atom. The highest BCUT2D eigenvalue weighted by Gasteiger charge is 2.24. The second kappa shape index (κ2) is 7.19. The van der Waals surface area contributed by atoms with Crippen LogP contribution in [0.3, 0.4) is 0 Å². The lowest BCUT2D eigenvalue weighted by molar-refractivity contribution is 0.528. The van der Waals surface area contributed by atoms with Gasteiger partial charge in [0.1, 0.15) is 0 Å². The van der Waals surface area contributed by atoms with E-state index in [0.717, 1.165) is 18.5 Å². The van der Waals surface area contributed by atoms with Gasteiger partial charge in [0.2, 0.25) is 0 Å². The number of alkyl halides is 1. The van der Waals surface area contributed by atoms with Crippen LogP contribution in [0, 0.1) is 5.92 Å². The average Bonchev–Trinajstić information content (AvgIpc) is 2.93. The van der Waals surface area contributed by atoms with Gasteiger partial charge in [0.25, 0.3) is 0 Å². The van der Waals surface area contributed by atoms with Crippen molar-refractivity contribution in [2.24, 2.45) is 5.92 Å². The molecule has 0 aromatic heterocycles. The zero-order valence-corrected chi connectivity index (χ0v) is 13.0. The monoisotopic (exact) mass is 279 g/mol. The molecule has 0 bridgehead atoms. The number of halogens is 1. The summed E-state index contributed by atoms with van der Waals surface area (Å²) >= 11 is 6.12. The van der Waals surface area contributed by atoms with Crippen molar-refractivity contribution in [2.75, 3.05) is 11.4 Å². The van der Waals surface area contributed by atoms with E-state index >= 15 is 0 Å². The lowest BCUT2D eigenvalue weighted by atomic mass is 10.1. The topological polar surface area (TPSA) is 3.24 Å². The normalized spacial score (nSPS) is 16.2. The standard InChI is InChI=1S/C17H26ClN/c1-14(2)11-12-19(16-8-4-5-9-16)17-10-6-3-7-15(17)13-18/h3,6-7,10,14,16H,4-5,8-9,11-13H2,1-2H3. The third-order valence-corrected chi connectivity index (χ3v) is 4.45. The number of rotatable bonds is 6. The Morgan fingerprint density at radius 3 is 2.53 bits per heavy atom. The highest BCUT2D eigenvalue weighted by atomic mass is 35.5. The molecule has 0 unspecified atom stereocenters. The summed E-state index contributed by atoms with van der Waals surface area (Å²) in [5.41, 5.74) is 2.64. The van der Waals surface area contributed by atoms with E-state index in [1.165, 1.54) is 43.4 Å². The Morgan fingerprint density at radius 1 is 1.21 bits per heavy atom. The Balaban J connectivity index is 2.19. The van der Waals surface area contributed by atoms with Crippen molar-refractivity contribution in [3.63, 3.8) is 0 Å². The summed E-state index contributed by atoms with van der Waals surface area (Å²) in [5.74, 6) is 1.37. The Labute approximate surface area is 123 Å². The van der Waals surface area contributed by atoms with Crippen molar-refractivity contribution < 1.29 is 0 Å². The summed E-state index contributed by atoms with van der Waals surface area (Å²) < 4.78 is 0. The van der Waals surface area contributed by atoms with E-state index in [1.54, 1.807) is 0 Å². The van der Waals surface area contributed by atoms with Crippen molar-refractivity contribution in [3.05, 3.63) is 29.8 Å². The van der Waals surface area contributed by atoms with Gasteiger partial charge in [-0.1, -0.05) is 44.9 Å². The second-order valence-electron chi connectivity index (χ2n) is 6.08. The van der Waals surface area contributed by atoms with Gasteiger partial charge in [-0.15, -0.1) is 11.6 Å². The molecule has 0 amide bonds. The van der Waals surface area contributed by atoms with E-state index < -0.39 is 0 Å². The molecule has 0 N–H and O–H groups in total. The fraction of sp³-hybridized carbons (Fsp3) is 0.647. The molecule has 0 heterocycles. The van der Waals surface area contributed by atoms with Crippen LogP contribution in [0.5, 0.6) is 0 Å². The molecule has 1 fully saturated rings. The molecule has 1 nitrogen and oxygen atoms in total. The van der Waals surface area contributed by atoms with Crippen LogP contribution in [-0.2, 0) is 5.88 Å². The maximum Gasteiger partial charge on any atom is 0.0494 e. The van der Waals surface area contributed by atoms with E-state index in [4.69, 9.17) is 11.6 Å². The molecule has 19 heavy (non-hydrogen) atoms. The first-order valence-corrected chi connectivity index (χ1v) is 8.16. The van der Waals surface area contributed by atoms with Crippen LogP contribution >= 0.6 is 11.6 Å². The summed E-state index contributed by atoms with van der Waals surface area (Å²) in [6.07, 6.45) is 6.70. The molecule has 1 aromatic rings. The van der Waals surface area contributed by atoms with Crippen molar-refractivity contribution in [3.8, 4) is 0 Å². The quantitative estimate of drug-likeness (QED) is 0.645. The first-order chi connectivity index (χ1) is 9.22. The number of para-hydroxylation sites is 1. The summed E-state index contributed by atoms with van der Waals surface area (Å²) in [6, 6.07) is 9.37. The number of anilines is 1. The minimum absolute atomic E-state index is 0.612. The van der Waals surface area contributed by atoms with Crippen LogP contribution in [-0.4, -0.2) is 12.6 Å². The molecular weight excluding hydrogens is 254 g/mol. The third-order valence-electron chi connectivity index (χ3n) is 4.16. The van der Waals surface area contributed by atoms with Gasteiger partial charge in [0.15, 0.2) is 0 Å². The lowest BCUT2D eigenvalue weighted by Gasteiger charge is -2.33. The SMILES string of the molecule is CC(C)CCN(c1ccccc1CCl)C1CCCC1. The Kier molecular flexibility index (Phi) is 5.57. The van der Waals surface area contributed by atoms with Gasteiger partial charge >= 0.3 is 0 Å². The minimum Gasteiger partial charge on any atom is -0.368 e. The van der Waals surface area contributed by atoms with Gasteiger partial charge in [-0.3, -0.25) is 0 Å². The molecule has 0 spiro atoms. The van der Waals surface area contributed by atoms with Gasteiger partial charge in [-0.25, -0.2) is 0 Å².